The molecule has 4 amide bonds. The van der Waals surface area contributed by atoms with Crippen molar-refractivity contribution in [3.8, 4) is 0 Å². The van der Waals surface area contributed by atoms with Crippen LogP contribution in [0.25, 0.3) is 21.7 Å². The number of carbonyl (C=O) groups is 6. The molecule has 3 aromatic carbocycles. The second-order valence-corrected chi connectivity index (χ2v) is 24.9. The minimum absolute atomic E-state index is 0.0259. The van der Waals surface area contributed by atoms with Crippen molar-refractivity contribution < 1.29 is 55.7 Å². The molecule has 1 N–H and O–H groups in total. The summed E-state index contributed by atoms with van der Waals surface area (Å²) in [7, 11) is -3.65. The molecule has 4 aliphatic rings. The Morgan fingerprint density at radius 2 is 1.57 bits per heavy atom. The first-order valence-corrected chi connectivity index (χ1v) is 29.8. The molecule has 1 aliphatic carbocycles. The molecule has 22 heteroatoms. The number of hydrogen-bond donors (Lipinski definition) is 1. The molecular weight excluding hydrogens is 1050 g/mol. The molecule has 0 unspecified atom stereocenters. The van der Waals surface area contributed by atoms with Gasteiger partial charge in [-0.25, -0.2) is 0 Å². The van der Waals surface area contributed by atoms with Crippen LogP contribution in [0, 0.1) is 6.92 Å². The van der Waals surface area contributed by atoms with E-state index in [1.807, 2.05) is 37.8 Å². The number of hydrogen-bond acceptors (Lipinski definition) is 14. The Labute approximate surface area is 453 Å². The summed E-state index contributed by atoms with van der Waals surface area (Å²) in [4.78, 5) is 101. The number of fused-ring (bicyclic) bond motifs is 3. The summed E-state index contributed by atoms with van der Waals surface area (Å²) in [6, 6.07) is 14.0. The Bertz CT molecular complexity index is 3190. The van der Waals surface area contributed by atoms with Crippen LogP contribution < -0.4 is 10.9 Å². The Balaban J connectivity index is 0.987. The summed E-state index contributed by atoms with van der Waals surface area (Å²) < 4.78 is 65.4. The molecule has 1 spiro atoms. The van der Waals surface area contributed by atoms with Gasteiger partial charge in [-0.2, -0.15) is 8.78 Å². The zero-order valence-electron chi connectivity index (χ0n) is 43.5. The van der Waals surface area contributed by atoms with Gasteiger partial charge in [-0.3, -0.25) is 38.1 Å². The molecular formula is C55H63F2N6O11PS2. The number of carbonyl (C=O) groups excluding carboxylic acids is 6. The maximum absolute atomic E-state index is 16.7. The van der Waals surface area contributed by atoms with Gasteiger partial charge in [0.2, 0.25) is 11.8 Å². The van der Waals surface area contributed by atoms with Crippen LogP contribution in [0.4, 0.5) is 8.78 Å². The van der Waals surface area contributed by atoms with Crippen LogP contribution in [0.1, 0.15) is 122 Å². The highest BCUT2D eigenvalue weighted by atomic mass is 32.2. The predicted molar refractivity (Wildman–Crippen MR) is 289 cm³/mol. The second kappa shape index (κ2) is 23.3. The molecule has 3 saturated heterocycles. The van der Waals surface area contributed by atoms with Crippen molar-refractivity contribution in [3.63, 3.8) is 0 Å². The molecule has 3 aliphatic heterocycles. The van der Waals surface area contributed by atoms with E-state index >= 15 is 13.6 Å². The number of nitrogens with one attached hydrogen (secondary N) is 1. The Morgan fingerprint density at radius 3 is 2.25 bits per heavy atom. The molecule has 2 aromatic heterocycles. The van der Waals surface area contributed by atoms with Gasteiger partial charge in [-0.1, -0.05) is 72.4 Å². The highest BCUT2D eigenvalue weighted by Crippen LogP contribution is 2.67. The molecule has 4 fully saturated rings. The lowest BCUT2D eigenvalue weighted by Crippen LogP contribution is -2.61. The lowest BCUT2D eigenvalue weighted by molar-refractivity contribution is -0.148. The summed E-state index contributed by atoms with van der Waals surface area (Å²) in [5.74, 6) is -2.23. The van der Waals surface area contributed by atoms with Gasteiger partial charge in [0.25, 0.3) is 17.4 Å². The second-order valence-electron chi connectivity index (χ2n) is 20.5. The number of nitrogens with zero attached hydrogens (tertiary/aromatic N) is 5. The largest absolute Gasteiger partial charge is 0.404 e. The molecule has 0 radical (unpaired) electrons. The molecule has 9 rings (SSSR count). The number of alkyl halides is 2. The average Bonchev–Trinajstić information content (AvgIpc) is 3.77. The minimum Gasteiger partial charge on any atom is -0.355 e. The summed E-state index contributed by atoms with van der Waals surface area (Å²) in [5, 5.41) is 7.71. The van der Waals surface area contributed by atoms with Crippen molar-refractivity contribution in [1.82, 2.24) is 29.7 Å². The topological polar surface area (TPSA) is 208 Å². The molecule has 410 valence electrons. The number of aromatic nitrogens is 2. The van der Waals surface area contributed by atoms with Crippen LogP contribution >= 0.6 is 31.1 Å². The minimum atomic E-state index is -5.33. The van der Waals surface area contributed by atoms with E-state index in [0.717, 1.165) is 59.6 Å². The normalized spacial score (nSPS) is 20.4. The van der Waals surface area contributed by atoms with E-state index in [9.17, 15) is 33.3 Å². The van der Waals surface area contributed by atoms with Gasteiger partial charge in [-0.05, 0) is 111 Å². The Morgan fingerprint density at radius 1 is 0.870 bits per heavy atom. The number of pyridine rings is 1. The number of likely N-dealkylation sites (tertiary alicyclic amines) is 1. The zero-order valence-corrected chi connectivity index (χ0v) is 46.0. The van der Waals surface area contributed by atoms with E-state index in [4.69, 9.17) is 13.6 Å². The van der Waals surface area contributed by atoms with Gasteiger partial charge in [-0.15, -0.1) is 0 Å². The number of rotatable bonds is 19. The highest BCUT2D eigenvalue weighted by Gasteiger charge is 2.59. The van der Waals surface area contributed by atoms with Crippen molar-refractivity contribution in [2.24, 2.45) is 7.05 Å². The number of thioether (sulfide) groups is 2. The monoisotopic (exact) mass is 1120 g/mol. The van der Waals surface area contributed by atoms with Crippen LogP contribution in [-0.2, 0) is 45.5 Å². The Kier molecular flexibility index (Phi) is 17.0. The van der Waals surface area contributed by atoms with Gasteiger partial charge < -0.3 is 38.2 Å². The molecule has 4 atom stereocenters. The van der Waals surface area contributed by atoms with Crippen molar-refractivity contribution >= 4 is 86.7 Å². The van der Waals surface area contributed by atoms with Crippen molar-refractivity contribution in [1.29, 1.82) is 0 Å². The zero-order chi connectivity index (χ0) is 54.8. The molecule has 5 aromatic rings. The van der Waals surface area contributed by atoms with Crippen molar-refractivity contribution in [2.75, 3.05) is 44.4 Å². The Hall–Kier alpha value is -5.73. The van der Waals surface area contributed by atoms with Gasteiger partial charge in [0.05, 0.1) is 25.1 Å². The summed E-state index contributed by atoms with van der Waals surface area (Å²) in [5.41, 5.74) is -3.37. The van der Waals surface area contributed by atoms with Crippen LogP contribution in [0.2, 0.25) is 0 Å². The summed E-state index contributed by atoms with van der Waals surface area (Å²) in [6.07, 6.45) is 6.90. The van der Waals surface area contributed by atoms with Gasteiger partial charge in [0.15, 0.2) is 21.5 Å². The molecule has 17 nitrogen and oxygen atoms in total. The SMILES string of the molecule is CCCC(=O)SCCOP(=O)(OCCSC(=O)CCC)C(F)(F)c1ccc2ccc(C(=O)N[C@H]3CN(C(=O)c4noc5ccc(C)cc45)CC[C@H]4CC[C@@H](C(=O)N5C[C@H](c6ccn(C)c(=O)c6)CC56CC6)N4C3=O)cc2c1. The standard InChI is InChI=1S/C55H63F2N6O11PS2/c1-5-7-47(65)76-25-23-72-75(71,73-24-26-77-48(66)8-6-2)55(56,57)40-13-12-35-10-11-37(28-38(35)29-40)50(67)58-43-33-61(53(70)49-42-27-34(3)9-16-45(42)74-59-49)22-18-41-14-15-44(63(41)51(43)68)52(69)62-32-39(31-54(62)19-20-54)36-17-21-60(4)46(64)30-36/h9-13,16-17,21,27-30,39,41,43-44H,5-8,14-15,18-20,22-26,31-33H2,1-4H3,(H,58,67)/t39-,41-,43+,44+/m1/s1. The van der Waals surface area contributed by atoms with Crippen molar-refractivity contribution in [2.45, 2.75) is 120 Å². The number of benzene rings is 3. The van der Waals surface area contributed by atoms with Crippen LogP contribution in [0.5, 0.6) is 0 Å². The van der Waals surface area contributed by atoms with Crippen LogP contribution in [0.3, 0.4) is 0 Å². The lowest BCUT2D eigenvalue weighted by atomic mass is 9.96. The number of amides is 4. The maximum atomic E-state index is 16.7. The van der Waals surface area contributed by atoms with Gasteiger partial charge in [0.1, 0.15) is 12.1 Å². The van der Waals surface area contributed by atoms with E-state index in [1.165, 1.54) is 33.7 Å². The lowest BCUT2D eigenvalue weighted by Gasteiger charge is -2.40. The van der Waals surface area contributed by atoms with Crippen LogP contribution in [-0.4, -0.2) is 126 Å². The average molecular weight is 1120 g/mol. The first-order chi connectivity index (χ1) is 36.8. The molecule has 5 heterocycles. The fraction of sp³-hybridized carbons (Fsp3) is 0.491. The van der Waals surface area contributed by atoms with E-state index < -0.39 is 67.9 Å². The van der Waals surface area contributed by atoms with E-state index in [1.54, 1.807) is 36.3 Å². The predicted octanol–water partition coefficient (Wildman–Crippen LogP) is 8.94. The first-order valence-electron chi connectivity index (χ1n) is 26.2. The van der Waals surface area contributed by atoms with Gasteiger partial charge >= 0.3 is 13.3 Å². The smallest absolute Gasteiger partial charge is 0.355 e. The van der Waals surface area contributed by atoms with E-state index in [-0.39, 0.29) is 87.2 Å². The third-order valence-corrected chi connectivity index (χ3v) is 18.9. The first kappa shape index (κ1) is 56.0. The van der Waals surface area contributed by atoms with E-state index in [0.29, 0.717) is 61.4 Å². The van der Waals surface area contributed by atoms with Crippen molar-refractivity contribution in [3.05, 3.63) is 111 Å². The quantitative estimate of drug-likeness (QED) is 0.0605. The third kappa shape index (κ3) is 11.8. The third-order valence-electron chi connectivity index (χ3n) is 15.1. The van der Waals surface area contributed by atoms with Crippen LogP contribution in [0.15, 0.2) is 82.2 Å². The molecule has 1 saturated carbocycles. The number of halogens is 2. The fourth-order valence-electron chi connectivity index (χ4n) is 10.8. The number of aryl methyl sites for hydroxylation is 2. The van der Waals surface area contributed by atoms with Gasteiger partial charge in [0, 0.05) is 85.4 Å². The summed E-state index contributed by atoms with van der Waals surface area (Å²) >= 11 is 1.75. The maximum Gasteiger partial charge on any atom is 0.404 e. The molecule has 77 heavy (non-hydrogen) atoms. The highest BCUT2D eigenvalue weighted by molar-refractivity contribution is 8.13. The molecule has 0 bridgehead atoms. The van der Waals surface area contributed by atoms with E-state index in [2.05, 4.69) is 10.5 Å². The fourth-order valence-corrected chi connectivity index (χ4v) is 14.1. The summed E-state index contributed by atoms with van der Waals surface area (Å²) in [6.45, 7) is 4.77.